The van der Waals surface area contributed by atoms with E-state index in [1.807, 2.05) is 12.1 Å². The summed E-state index contributed by atoms with van der Waals surface area (Å²) in [5.74, 6) is -0.462. The van der Waals surface area contributed by atoms with Gasteiger partial charge in [0.05, 0.1) is 28.5 Å². The van der Waals surface area contributed by atoms with Crippen LogP contribution in [0.15, 0.2) is 42.5 Å². The van der Waals surface area contributed by atoms with Crippen LogP contribution in [0.25, 0.3) is 10.2 Å². The number of carbonyl (C=O) groups excluding carboxylic acids is 1. The first-order valence-electron chi connectivity index (χ1n) is 7.62. The molecule has 0 bridgehead atoms. The maximum atomic E-state index is 13.6. The summed E-state index contributed by atoms with van der Waals surface area (Å²) in [6, 6.07) is 11.3. The Morgan fingerprint density at radius 2 is 2.08 bits per heavy atom. The van der Waals surface area contributed by atoms with Crippen LogP contribution in [0, 0.1) is 5.82 Å². The molecule has 0 saturated carbocycles. The first-order chi connectivity index (χ1) is 12.1. The minimum atomic E-state index is -0.462. The van der Waals surface area contributed by atoms with E-state index >= 15 is 0 Å². The lowest BCUT2D eigenvalue weighted by Crippen LogP contribution is -2.57. The second-order valence-electron chi connectivity index (χ2n) is 5.62. The number of amides is 2. The lowest BCUT2D eigenvalue weighted by molar-refractivity contribution is 0.0492. The largest absolute Gasteiger partial charge is 0.463 e. The van der Waals surface area contributed by atoms with Crippen LogP contribution in [0.4, 0.5) is 14.9 Å². The number of hydrogen-bond donors (Lipinski definition) is 1. The van der Waals surface area contributed by atoms with Gasteiger partial charge in [0.2, 0.25) is 0 Å². The summed E-state index contributed by atoms with van der Waals surface area (Å²) in [5.41, 5.74) is 0.885. The topological polar surface area (TPSA) is 54.5 Å². The van der Waals surface area contributed by atoms with Gasteiger partial charge < -0.3 is 15.0 Å². The van der Waals surface area contributed by atoms with Gasteiger partial charge in [0.1, 0.15) is 17.4 Å². The SMILES string of the molecule is O=C(Nc1ccccc1F)N1CC(Oc2nc3c(Cl)cccc3s2)C1. The van der Waals surface area contributed by atoms with E-state index in [1.165, 1.54) is 23.5 Å². The predicted molar refractivity (Wildman–Crippen MR) is 96.0 cm³/mol. The summed E-state index contributed by atoms with van der Waals surface area (Å²) < 4.78 is 20.3. The van der Waals surface area contributed by atoms with Gasteiger partial charge >= 0.3 is 6.03 Å². The highest BCUT2D eigenvalue weighted by molar-refractivity contribution is 7.20. The van der Waals surface area contributed by atoms with Crippen molar-refractivity contribution in [2.45, 2.75) is 6.10 Å². The number of para-hydroxylation sites is 2. The molecule has 1 N–H and O–H groups in total. The lowest BCUT2D eigenvalue weighted by Gasteiger charge is -2.38. The monoisotopic (exact) mass is 377 g/mol. The van der Waals surface area contributed by atoms with Crippen LogP contribution in [0.1, 0.15) is 0 Å². The van der Waals surface area contributed by atoms with Gasteiger partial charge in [-0.05, 0) is 24.3 Å². The van der Waals surface area contributed by atoms with Gasteiger partial charge in [-0.25, -0.2) is 14.2 Å². The number of carbonyl (C=O) groups is 1. The van der Waals surface area contributed by atoms with Crippen LogP contribution in [-0.4, -0.2) is 35.1 Å². The molecule has 2 amide bonds. The predicted octanol–water partition coefficient (Wildman–Crippen LogP) is 4.38. The molecule has 1 aliphatic heterocycles. The number of hydrogen-bond acceptors (Lipinski definition) is 4. The zero-order chi connectivity index (χ0) is 17.4. The van der Waals surface area contributed by atoms with Crippen molar-refractivity contribution in [3.8, 4) is 5.19 Å². The van der Waals surface area contributed by atoms with E-state index in [1.54, 1.807) is 23.1 Å². The number of fused-ring (bicyclic) bond motifs is 1. The van der Waals surface area contributed by atoms with Crippen LogP contribution >= 0.6 is 22.9 Å². The summed E-state index contributed by atoms with van der Waals surface area (Å²) >= 11 is 7.52. The standard InChI is InChI=1S/C17H13ClFN3O2S/c18-11-4-3-7-14-15(11)21-17(25-14)24-10-8-22(9-10)16(23)20-13-6-2-1-5-12(13)19/h1-7,10H,8-9H2,(H,20,23). The van der Waals surface area contributed by atoms with Gasteiger partial charge in [-0.2, -0.15) is 0 Å². The molecule has 0 unspecified atom stereocenters. The molecule has 3 aromatic rings. The van der Waals surface area contributed by atoms with Crippen LogP contribution in [0.2, 0.25) is 5.02 Å². The minimum Gasteiger partial charge on any atom is -0.463 e. The smallest absolute Gasteiger partial charge is 0.322 e. The molecule has 1 aliphatic rings. The molecule has 0 atom stereocenters. The molecule has 8 heteroatoms. The fraction of sp³-hybridized carbons (Fsp3) is 0.176. The third-order valence-electron chi connectivity index (χ3n) is 3.87. The molecule has 5 nitrogen and oxygen atoms in total. The van der Waals surface area contributed by atoms with Crippen molar-refractivity contribution in [2.75, 3.05) is 18.4 Å². The molecular weight excluding hydrogens is 365 g/mol. The second kappa shape index (κ2) is 6.50. The number of aromatic nitrogens is 1. The number of likely N-dealkylation sites (tertiary alicyclic amines) is 1. The van der Waals surface area contributed by atoms with Gasteiger partial charge in [0.15, 0.2) is 0 Å². The molecular formula is C17H13ClFN3O2S. The Bertz CT molecular complexity index is 943. The number of anilines is 1. The molecule has 128 valence electrons. The Kier molecular flexibility index (Phi) is 4.19. The third-order valence-corrected chi connectivity index (χ3v) is 5.08. The summed E-state index contributed by atoms with van der Waals surface area (Å²) in [6.07, 6.45) is -0.134. The summed E-state index contributed by atoms with van der Waals surface area (Å²) in [5, 5.41) is 3.67. The Morgan fingerprint density at radius 3 is 2.84 bits per heavy atom. The van der Waals surface area contributed by atoms with Crippen molar-refractivity contribution in [1.29, 1.82) is 0 Å². The molecule has 0 spiro atoms. The summed E-state index contributed by atoms with van der Waals surface area (Å²) in [7, 11) is 0. The zero-order valence-corrected chi connectivity index (χ0v) is 14.5. The molecule has 1 fully saturated rings. The Hall–Kier alpha value is -2.38. The average Bonchev–Trinajstić information content (AvgIpc) is 2.97. The fourth-order valence-electron chi connectivity index (χ4n) is 2.52. The third kappa shape index (κ3) is 3.25. The van der Waals surface area contributed by atoms with Gasteiger partial charge in [-0.3, -0.25) is 0 Å². The second-order valence-corrected chi connectivity index (χ2v) is 7.02. The van der Waals surface area contributed by atoms with Gasteiger partial charge in [0, 0.05) is 0 Å². The molecule has 1 saturated heterocycles. The highest BCUT2D eigenvalue weighted by Gasteiger charge is 2.33. The lowest BCUT2D eigenvalue weighted by atomic mass is 10.2. The highest BCUT2D eigenvalue weighted by atomic mass is 35.5. The van der Waals surface area contributed by atoms with Gasteiger partial charge in [-0.1, -0.05) is 41.1 Å². The summed E-state index contributed by atoms with van der Waals surface area (Å²) in [4.78, 5) is 18.0. The maximum Gasteiger partial charge on any atom is 0.322 e. The van der Waals surface area contributed by atoms with Crippen molar-refractivity contribution in [1.82, 2.24) is 9.88 Å². The Labute approximate surface area is 152 Å². The molecule has 2 aromatic carbocycles. The molecule has 2 heterocycles. The van der Waals surface area contributed by atoms with Crippen molar-refractivity contribution >= 4 is 44.9 Å². The van der Waals surface area contributed by atoms with Gasteiger partial charge in [-0.15, -0.1) is 0 Å². The van der Waals surface area contributed by atoms with Crippen molar-refractivity contribution in [2.24, 2.45) is 0 Å². The Morgan fingerprint density at radius 1 is 1.28 bits per heavy atom. The number of nitrogens with zero attached hydrogens (tertiary/aromatic N) is 2. The van der Waals surface area contributed by atoms with E-state index < -0.39 is 5.82 Å². The van der Waals surface area contributed by atoms with E-state index in [4.69, 9.17) is 16.3 Å². The van der Waals surface area contributed by atoms with Gasteiger partial charge in [0.25, 0.3) is 5.19 Å². The van der Waals surface area contributed by atoms with E-state index in [2.05, 4.69) is 10.3 Å². The molecule has 25 heavy (non-hydrogen) atoms. The number of rotatable bonds is 3. The van der Waals surface area contributed by atoms with Crippen LogP contribution in [0.3, 0.4) is 0 Å². The quantitative estimate of drug-likeness (QED) is 0.736. The number of ether oxygens (including phenoxy) is 1. The molecule has 4 rings (SSSR count). The first kappa shape index (κ1) is 16.1. The van der Waals surface area contributed by atoms with Crippen molar-refractivity contribution in [3.63, 3.8) is 0 Å². The zero-order valence-electron chi connectivity index (χ0n) is 12.9. The number of thiazole rings is 1. The van der Waals surface area contributed by atoms with E-state index in [0.29, 0.717) is 23.3 Å². The average molecular weight is 378 g/mol. The van der Waals surface area contributed by atoms with Crippen molar-refractivity contribution in [3.05, 3.63) is 53.3 Å². The van der Waals surface area contributed by atoms with E-state index in [9.17, 15) is 9.18 Å². The van der Waals surface area contributed by atoms with E-state index in [-0.39, 0.29) is 17.8 Å². The molecule has 0 radical (unpaired) electrons. The number of benzene rings is 2. The number of halogens is 2. The minimum absolute atomic E-state index is 0.134. The molecule has 0 aliphatic carbocycles. The van der Waals surface area contributed by atoms with Crippen molar-refractivity contribution < 1.29 is 13.9 Å². The highest BCUT2D eigenvalue weighted by Crippen LogP contribution is 2.33. The number of urea groups is 1. The maximum absolute atomic E-state index is 13.6. The number of nitrogens with one attached hydrogen (secondary N) is 1. The van der Waals surface area contributed by atoms with Crippen LogP contribution in [0.5, 0.6) is 5.19 Å². The van der Waals surface area contributed by atoms with E-state index in [0.717, 1.165) is 10.2 Å². The summed E-state index contributed by atoms with van der Waals surface area (Å²) in [6.45, 7) is 0.841. The van der Waals surface area contributed by atoms with Crippen LogP contribution in [-0.2, 0) is 0 Å². The Balaban J connectivity index is 1.34. The van der Waals surface area contributed by atoms with Crippen LogP contribution < -0.4 is 10.1 Å². The molecule has 1 aromatic heterocycles. The normalized spacial score (nSPS) is 14.4. The fourth-order valence-corrected chi connectivity index (χ4v) is 3.70. The first-order valence-corrected chi connectivity index (χ1v) is 8.82.